The number of hydrogen-bond donors (Lipinski definition) is 1. The van der Waals surface area contributed by atoms with Crippen molar-refractivity contribution in [3.63, 3.8) is 0 Å². The lowest BCUT2D eigenvalue weighted by atomic mass is 10.4. The number of rotatable bonds is 3. The van der Waals surface area contributed by atoms with Gasteiger partial charge in [0.2, 0.25) is 0 Å². The first-order valence-corrected chi connectivity index (χ1v) is 4.69. The number of pyridine rings is 1. The van der Waals surface area contributed by atoms with Crippen LogP contribution in [0.4, 0.5) is 0 Å². The maximum Gasteiger partial charge on any atom is 0.193 e. The fourth-order valence-corrected chi connectivity index (χ4v) is 1.47. The minimum absolute atomic E-state index is 0.580. The van der Waals surface area contributed by atoms with Crippen molar-refractivity contribution >= 4 is 11.8 Å². The topological polar surface area (TPSA) is 40.2 Å². The van der Waals surface area contributed by atoms with Gasteiger partial charge in [-0.3, -0.25) is 0 Å². The Bertz CT molecular complexity index is 208. The minimum Gasteiger partial charge on any atom is -0.322 e. The number of nitrogens with one attached hydrogen (secondary N) is 1. The van der Waals surface area contributed by atoms with Crippen molar-refractivity contribution in [1.29, 1.82) is 0 Å². The largest absolute Gasteiger partial charge is 0.322 e. The Morgan fingerprint density at radius 2 is 2.36 bits per heavy atom. The van der Waals surface area contributed by atoms with Crippen LogP contribution >= 0.6 is 11.8 Å². The summed E-state index contributed by atoms with van der Waals surface area (Å²) >= 11 is 1.82. The Balaban J connectivity index is 2.66. The lowest BCUT2D eigenvalue weighted by Gasteiger charge is -1.93. The molecule has 0 unspecified atom stereocenters. The van der Waals surface area contributed by atoms with Crippen LogP contribution in [0.25, 0.3) is 0 Å². The van der Waals surface area contributed by atoms with Crippen molar-refractivity contribution in [3.8, 4) is 0 Å². The van der Waals surface area contributed by atoms with E-state index in [4.69, 9.17) is 5.73 Å². The summed E-state index contributed by atoms with van der Waals surface area (Å²) in [5, 5.41) is 0. The maximum absolute atomic E-state index is 5.44. The molecule has 0 radical (unpaired) electrons. The molecule has 3 heteroatoms. The molecule has 2 nitrogen and oxygen atoms in total. The second-order valence-corrected chi connectivity index (χ2v) is 3.52. The molecule has 1 aromatic heterocycles. The fraction of sp³-hybridized carbons (Fsp3) is 0.375. The van der Waals surface area contributed by atoms with Crippen LogP contribution in [0, 0.1) is 0 Å². The zero-order valence-corrected chi connectivity index (χ0v) is 7.45. The third-order valence-electron chi connectivity index (χ3n) is 1.38. The van der Waals surface area contributed by atoms with Crippen molar-refractivity contribution in [2.45, 2.75) is 18.4 Å². The van der Waals surface area contributed by atoms with Crippen LogP contribution in [0.5, 0.6) is 0 Å². The predicted octanol–water partition coefficient (Wildman–Crippen LogP) is 1.07. The highest BCUT2D eigenvalue weighted by atomic mass is 32.2. The van der Waals surface area contributed by atoms with Gasteiger partial charge >= 0.3 is 0 Å². The first-order valence-electron chi connectivity index (χ1n) is 3.70. The van der Waals surface area contributed by atoms with Crippen LogP contribution in [0.1, 0.15) is 12.6 Å². The van der Waals surface area contributed by atoms with Gasteiger partial charge in [0.1, 0.15) is 0 Å². The molecular weight excluding hydrogens is 156 g/mol. The maximum atomic E-state index is 5.44. The van der Waals surface area contributed by atoms with Crippen molar-refractivity contribution in [2.75, 3.05) is 5.75 Å². The number of hydrogen-bond acceptors (Lipinski definition) is 2. The zero-order valence-electron chi connectivity index (χ0n) is 6.63. The number of H-pyrrole nitrogens is 1. The molecule has 0 fully saturated rings. The Morgan fingerprint density at radius 3 is 2.82 bits per heavy atom. The van der Waals surface area contributed by atoms with E-state index in [0.717, 1.165) is 11.4 Å². The van der Waals surface area contributed by atoms with Crippen LogP contribution in [0.2, 0.25) is 0 Å². The van der Waals surface area contributed by atoms with Crippen LogP contribution < -0.4 is 10.7 Å². The fourth-order valence-electron chi connectivity index (χ4n) is 0.826. The van der Waals surface area contributed by atoms with E-state index >= 15 is 0 Å². The lowest BCUT2D eigenvalue weighted by molar-refractivity contribution is -0.393. The SMILES string of the molecule is CCSc1ccc(CN)[nH+]c1. The summed E-state index contributed by atoms with van der Waals surface area (Å²) in [5.74, 6) is 1.11. The smallest absolute Gasteiger partial charge is 0.193 e. The van der Waals surface area contributed by atoms with E-state index in [1.54, 1.807) is 0 Å². The third-order valence-corrected chi connectivity index (χ3v) is 2.26. The standard InChI is InChI=1S/C8H12N2S/c1-2-11-8-4-3-7(5-9)10-6-8/h3-4,6H,2,5,9H2,1H3/p+1. The van der Waals surface area contributed by atoms with Gasteiger partial charge in [-0.2, -0.15) is 0 Å². The molecule has 3 N–H and O–H groups in total. The molecule has 0 aliphatic carbocycles. The second kappa shape index (κ2) is 4.36. The molecule has 60 valence electrons. The first kappa shape index (κ1) is 8.56. The Labute approximate surface area is 71.2 Å². The van der Waals surface area contributed by atoms with Gasteiger partial charge in [0, 0.05) is 6.07 Å². The molecule has 11 heavy (non-hydrogen) atoms. The average Bonchev–Trinajstić information content (AvgIpc) is 2.07. The number of thioether (sulfide) groups is 1. The zero-order chi connectivity index (χ0) is 8.10. The molecule has 0 aliphatic heterocycles. The van der Waals surface area contributed by atoms with E-state index < -0.39 is 0 Å². The molecule has 1 rings (SSSR count). The summed E-state index contributed by atoms with van der Waals surface area (Å²) in [7, 11) is 0. The van der Waals surface area contributed by atoms with E-state index in [2.05, 4.69) is 18.0 Å². The molecule has 0 saturated carbocycles. The van der Waals surface area contributed by atoms with E-state index in [1.807, 2.05) is 24.0 Å². The van der Waals surface area contributed by atoms with Gasteiger partial charge in [-0.05, 0) is 11.8 Å². The summed E-state index contributed by atoms with van der Waals surface area (Å²) in [6.07, 6.45) is 2.00. The van der Waals surface area contributed by atoms with Crippen LogP contribution in [0.3, 0.4) is 0 Å². The van der Waals surface area contributed by atoms with E-state index in [-0.39, 0.29) is 0 Å². The summed E-state index contributed by atoms with van der Waals surface area (Å²) in [5.41, 5.74) is 6.51. The van der Waals surface area contributed by atoms with Crippen molar-refractivity contribution in [3.05, 3.63) is 24.0 Å². The molecule has 0 saturated heterocycles. The van der Waals surface area contributed by atoms with Gasteiger partial charge in [-0.25, -0.2) is 4.98 Å². The molecular formula is C8H13N2S+. The normalized spacial score (nSPS) is 10.0. The van der Waals surface area contributed by atoms with Gasteiger partial charge < -0.3 is 5.73 Å². The minimum atomic E-state index is 0.580. The highest BCUT2D eigenvalue weighted by Gasteiger charge is 1.98. The lowest BCUT2D eigenvalue weighted by Crippen LogP contribution is -2.13. The first-order chi connectivity index (χ1) is 5.36. The summed E-state index contributed by atoms with van der Waals surface area (Å²) in [6, 6.07) is 4.12. The molecule has 0 aliphatic rings. The second-order valence-electron chi connectivity index (χ2n) is 2.19. The van der Waals surface area contributed by atoms with Gasteiger partial charge in [0.05, 0.1) is 11.4 Å². The average molecular weight is 169 g/mol. The number of nitrogens with two attached hydrogens (primary N) is 1. The predicted molar refractivity (Wildman–Crippen MR) is 47.3 cm³/mol. The Kier molecular flexibility index (Phi) is 3.39. The summed E-state index contributed by atoms with van der Waals surface area (Å²) < 4.78 is 0. The van der Waals surface area contributed by atoms with Crippen molar-refractivity contribution in [2.24, 2.45) is 5.73 Å². The van der Waals surface area contributed by atoms with E-state index in [9.17, 15) is 0 Å². The summed E-state index contributed by atoms with van der Waals surface area (Å²) in [4.78, 5) is 4.39. The van der Waals surface area contributed by atoms with Crippen molar-refractivity contribution in [1.82, 2.24) is 0 Å². The van der Waals surface area contributed by atoms with Gasteiger partial charge in [-0.15, -0.1) is 11.8 Å². The molecule has 0 bridgehead atoms. The molecule has 1 heterocycles. The van der Waals surface area contributed by atoms with Crippen LogP contribution in [-0.2, 0) is 6.54 Å². The van der Waals surface area contributed by atoms with Crippen LogP contribution in [-0.4, -0.2) is 5.75 Å². The monoisotopic (exact) mass is 169 g/mol. The van der Waals surface area contributed by atoms with Gasteiger partial charge in [-0.1, -0.05) is 6.92 Å². The summed E-state index contributed by atoms with van der Waals surface area (Å²) in [6.45, 7) is 2.72. The third kappa shape index (κ3) is 2.52. The van der Waals surface area contributed by atoms with Gasteiger partial charge in [0.25, 0.3) is 0 Å². The highest BCUT2D eigenvalue weighted by molar-refractivity contribution is 7.99. The van der Waals surface area contributed by atoms with Crippen molar-refractivity contribution < 1.29 is 4.98 Å². The molecule has 0 spiro atoms. The number of aromatic nitrogens is 1. The quantitative estimate of drug-likeness (QED) is 0.688. The molecule has 0 atom stereocenters. The molecule has 0 aromatic carbocycles. The van der Waals surface area contributed by atoms with E-state index in [1.165, 1.54) is 4.90 Å². The van der Waals surface area contributed by atoms with E-state index in [0.29, 0.717) is 6.54 Å². The van der Waals surface area contributed by atoms with Crippen LogP contribution in [0.15, 0.2) is 23.2 Å². The highest BCUT2D eigenvalue weighted by Crippen LogP contribution is 2.13. The Hall–Kier alpha value is -0.540. The molecule has 0 amide bonds. The number of aromatic amines is 1. The Morgan fingerprint density at radius 1 is 1.55 bits per heavy atom. The molecule has 1 aromatic rings. The van der Waals surface area contributed by atoms with Gasteiger partial charge in [0.15, 0.2) is 11.9 Å².